The standard InChI is InChI=1S/C11H16N4O/c1-3-5-10(4-2)13-11(16)6-8-15-9-7-12-14-15/h2,7,9-10H,3,5-6,8H2,1H3,(H,13,16). The molecule has 0 spiro atoms. The van der Waals surface area contributed by atoms with Crippen LogP contribution in [0, 0.1) is 12.3 Å². The summed E-state index contributed by atoms with van der Waals surface area (Å²) in [5, 5.41) is 10.2. The van der Waals surface area contributed by atoms with Gasteiger partial charge in [0.1, 0.15) is 0 Å². The Bertz CT molecular complexity index is 353. The van der Waals surface area contributed by atoms with Crippen molar-refractivity contribution in [3.8, 4) is 12.3 Å². The molecule has 5 heteroatoms. The van der Waals surface area contributed by atoms with Gasteiger partial charge in [-0.15, -0.1) is 11.5 Å². The number of terminal acetylenes is 1. The third-order valence-electron chi connectivity index (χ3n) is 2.15. The number of amides is 1. The van der Waals surface area contributed by atoms with E-state index < -0.39 is 0 Å². The Hall–Kier alpha value is -1.83. The van der Waals surface area contributed by atoms with Crippen LogP contribution < -0.4 is 5.32 Å². The average Bonchev–Trinajstić information content (AvgIpc) is 2.78. The van der Waals surface area contributed by atoms with E-state index in [2.05, 4.69) is 21.5 Å². The molecule has 0 aliphatic carbocycles. The maximum Gasteiger partial charge on any atom is 0.222 e. The van der Waals surface area contributed by atoms with Crippen LogP contribution in [0.2, 0.25) is 0 Å². The molecule has 0 aliphatic heterocycles. The molecule has 0 fully saturated rings. The van der Waals surface area contributed by atoms with Crippen molar-refractivity contribution in [2.75, 3.05) is 0 Å². The van der Waals surface area contributed by atoms with Gasteiger partial charge in [-0.3, -0.25) is 9.48 Å². The Labute approximate surface area is 95.2 Å². The molecular formula is C11H16N4O. The smallest absolute Gasteiger partial charge is 0.222 e. The lowest BCUT2D eigenvalue weighted by atomic mass is 10.2. The lowest BCUT2D eigenvalue weighted by Crippen LogP contribution is -2.34. The van der Waals surface area contributed by atoms with Crippen LogP contribution in [0.25, 0.3) is 0 Å². The summed E-state index contributed by atoms with van der Waals surface area (Å²) in [6, 6.07) is -0.159. The van der Waals surface area contributed by atoms with Crippen LogP contribution in [-0.4, -0.2) is 26.9 Å². The van der Waals surface area contributed by atoms with Gasteiger partial charge in [-0.1, -0.05) is 24.5 Å². The molecule has 1 atom stereocenters. The second-order valence-corrected chi connectivity index (χ2v) is 3.49. The van der Waals surface area contributed by atoms with Gasteiger partial charge < -0.3 is 5.32 Å². The number of nitrogens with one attached hydrogen (secondary N) is 1. The normalized spacial score (nSPS) is 11.8. The first-order valence-electron chi connectivity index (χ1n) is 5.36. The minimum Gasteiger partial charge on any atom is -0.342 e. The maximum atomic E-state index is 11.5. The van der Waals surface area contributed by atoms with Gasteiger partial charge in [-0.05, 0) is 6.42 Å². The van der Waals surface area contributed by atoms with Gasteiger partial charge in [0, 0.05) is 12.6 Å². The Balaban J connectivity index is 2.27. The highest BCUT2D eigenvalue weighted by Crippen LogP contribution is 1.96. The number of nitrogens with zero attached hydrogens (tertiary/aromatic N) is 3. The van der Waals surface area contributed by atoms with Crippen LogP contribution in [0.1, 0.15) is 26.2 Å². The average molecular weight is 220 g/mol. The maximum absolute atomic E-state index is 11.5. The fraction of sp³-hybridized carbons (Fsp3) is 0.545. The first-order valence-corrected chi connectivity index (χ1v) is 5.36. The van der Waals surface area contributed by atoms with E-state index in [-0.39, 0.29) is 11.9 Å². The Morgan fingerprint density at radius 1 is 1.69 bits per heavy atom. The third-order valence-corrected chi connectivity index (χ3v) is 2.15. The predicted octanol–water partition coefficient (Wildman–Crippen LogP) is 0.586. The van der Waals surface area contributed by atoms with Crippen LogP contribution >= 0.6 is 0 Å². The van der Waals surface area contributed by atoms with E-state index in [1.54, 1.807) is 17.1 Å². The lowest BCUT2D eigenvalue weighted by Gasteiger charge is -2.11. The molecule has 86 valence electrons. The molecule has 0 aliphatic rings. The number of carbonyl (C=O) groups is 1. The van der Waals surface area contributed by atoms with Gasteiger partial charge in [0.15, 0.2) is 0 Å². The Kier molecular flexibility index (Phi) is 5.06. The van der Waals surface area contributed by atoms with Crippen LogP contribution in [0.15, 0.2) is 12.4 Å². The summed E-state index contributed by atoms with van der Waals surface area (Å²) in [6.45, 7) is 2.56. The molecule has 16 heavy (non-hydrogen) atoms. The fourth-order valence-corrected chi connectivity index (χ4v) is 1.32. The van der Waals surface area contributed by atoms with Crippen LogP contribution in [-0.2, 0) is 11.3 Å². The molecule has 1 aromatic rings. The van der Waals surface area contributed by atoms with Crippen molar-refractivity contribution >= 4 is 5.91 Å². The summed E-state index contributed by atoms with van der Waals surface area (Å²) in [5.41, 5.74) is 0. The Morgan fingerprint density at radius 2 is 2.50 bits per heavy atom. The minimum atomic E-state index is -0.159. The number of rotatable bonds is 6. The van der Waals surface area contributed by atoms with E-state index in [1.165, 1.54) is 0 Å². The molecule has 0 saturated carbocycles. The summed E-state index contributed by atoms with van der Waals surface area (Å²) in [5.74, 6) is 2.51. The molecule has 1 amide bonds. The topological polar surface area (TPSA) is 59.8 Å². The molecule has 1 N–H and O–H groups in total. The number of carbonyl (C=O) groups excluding carboxylic acids is 1. The van der Waals surface area contributed by atoms with E-state index in [9.17, 15) is 4.79 Å². The van der Waals surface area contributed by atoms with Gasteiger partial charge in [0.05, 0.1) is 18.8 Å². The highest BCUT2D eigenvalue weighted by molar-refractivity contribution is 5.76. The second-order valence-electron chi connectivity index (χ2n) is 3.49. The SMILES string of the molecule is C#CC(CCC)NC(=O)CCn1ccnn1. The van der Waals surface area contributed by atoms with E-state index in [1.807, 2.05) is 6.92 Å². The van der Waals surface area contributed by atoms with Crippen LogP contribution in [0.4, 0.5) is 0 Å². The van der Waals surface area contributed by atoms with Gasteiger partial charge >= 0.3 is 0 Å². The van der Waals surface area contributed by atoms with E-state index in [4.69, 9.17) is 6.42 Å². The molecule has 0 radical (unpaired) electrons. The molecule has 0 aromatic carbocycles. The molecule has 0 saturated heterocycles. The zero-order chi connectivity index (χ0) is 11.8. The quantitative estimate of drug-likeness (QED) is 0.714. The predicted molar refractivity (Wildman–Crippen MR) is 60.3 cm³/mol. The summed E-state index contributed by atoms with van der Waals surface area (Å²) in [4.78, 5) is 11.5. The Morgan fingerprint density at radius 3 is 3.06 bits per heavy atom. The molecule has 1 heterocycles. The van der Waals surface area contributed by atoms with Crippen LogP contribution in [0.5, 0.6) is 0 Å². The van der Waals surface area contributed by atoms with E-state index in [0.717, 1.165) is 12.8 Å². The first-order chi connectivity index (χ1) is 7.76. The molecule has 1 rings (SSSR count). The number of aryl methyl sites for hydroxylation is 1. The van der Waals surface area contributed by atoms with Crippen LogP contribution in [0.3, 0.4) is 0 Å². The highest BCUT2D eigenvalue weighted by Gasteiger charge is 2.08. The zero-order valence-electron chi connectivity index (χ0n) is 9.39. The first kappa shape index (κ1) is 12.2. The monoisotopic (exact) mass is 220 g/mol. The molecule has 1 unspecified atom stereocenters. The summed E-state index contributed by atoms with van der Waals surface area (Å²) in [6.07, 6.45) is 10.7. The third kappa shape index (κ3) is 4.13. The lowest BCUT2D eigenvalue weighted by molar-refractivity contribution is -0.121. The van der Waals surface area contributed by atoms with E-state index in [0.29, 0.717) is 13.0 Å². The van der Waals surface area contributed by atoms with Gasteiger partial charge in [0.2, 0.25) is 5.91 Å². The summed E-state index contributed by atoms with van der Waals surface area (Å²) < 4.78 is 1.62. The van der Waals surface area contributed by atoms with E-state index >= 15 is 0 Å². The van der Waals surface area contributed by atoms with Gasteiger partial charge in [-0.2, -0.15) is 0 Å². The van der Waals surface area contributed by atoms with Crippen molar-refractivity contribution in [2.45, 2.75) is 38.8 Å². The molecule has 5 nitrogen and oxygen atoms in total. The second kappa shape index (κ2) is 6.62. The molecular weight excluding hydrogens is 204 g/mol. The van der Waals surface area contributed by atoms with Gasteiger partial charge in [-0.25, -0.2) is 0 Å². The van der Waals surface area contributed by atoms with Crippen molar-refractivity contribution in [1.82, 2.24) is 20.3 Å². The van der Waals surface area contributed by atoms with Crippen molar-refractivity contribution < 1.29 is 4.79 Å². The summed E-state index contributed by atoms with van der Waals surface area (Å²) in [7, 11) is 0. The minimum absolute atomic E-state index is 0.0492. The highest BCUT2D eigenvalue weighted by atomic mass is 16.1. The molecule has 0 bridgehead atoms. The van der Waals surface area contributed by atoms with Crippen molar-refractivity contribution in [1.29, 1.82) is 0 Å². The largest absolute Gasteiger partial charge is 0.342 e. The number of aromatic nitrogens is 3. The van der Waals surface area contributed by atoms with Crippen molar-refractivity contribution in [2.24, 2.45) is 0 Å². The van der Waals surface area contributed by atoms with Crippen molar-refractivity contribution in [3.63, 3.8) is 0 Å². The number of hydrogen-bond donors (Lipinski definition) is 1. The zero-order valence-corrected chi connectivity index (χ0v) is 9.39. The molecule has 1 aromatic heterocycles. The fourth-order valence-electron chi connectivity index (χ4n) is 1.32. The number of hydrogen-bond acceptors (Lipinski definition) is 3. The van der Waals surface area contributed by atoms with Crippen molar-refractivity contribution in [3.05, 3.63) is 12.4 Å². The van der Waals surface area contributed by atoms with Gasteiger partial charge in [0.25, 0.3) is 0 Å². The summed E-state index contributed by atoms with van der Waals surface area (Å²) >= 11 is 0.